The van der Waals surface area contributed by atoms with Crippen LogP contribution in [-0.4, -0.2) is 27.4 Å². The van der Waals surface area contributed by atoms with Gasteiger partial charge in [0.25, 0.3) is 0 Å². The minimum Gasteiger partial charge on any atom is -0.496 e. The van der Waals surface area contributed by atoms with Crippen molar-refractivity contribution in [3.8, 4) is 17.2 Å². The first kappa shape index (κ1) is 18.5. The van der Waals surface area contributed by atoms with Crippen molar-refractivity contribution < 1.29 is 22.6 Å². The first-order chi connectivity index (χ1) is 12.2. The minimum absolute atomic E-state index is 0.354. The zero-order valence-electron chi connectivity index (χ0n) is 15.3. The molecule has 2 aromatic rings. The number of hydrogen-bond acceptors (Lipinski definition) is 5. The van der Waals surface area contributed by atoms with Gasteiger partial charge in [0, 0.05) is 12.1 Å². The second-order valence-corrected chi connectivity index (χ2v) is 8.62. The highest BCUT2D eigenvalue weighted by atomic mass is 32.2. The van der Waals surface area contributed by atoms with Crippen LogP contribution in [0.1, 0.15) is 31.0 Å². The summed E-state index contributed by atoms with van der Waals surface area (Å²) in [5.41, 5.74) is 0.926. The molecule has 1 N–H and O–H groups in total. The van der Waals surface area contributed by atoms with Crippen molar-refractivity contribution in [2.75, 3.05) is 13.4 Å². The van der Waals surface area contributed by atoms with Gasteiger partial charge in [-0.25, -0.2) is 13.1 Å². The Bertz CT molecular complexity index is 894. The highest BCUT2D eigenvalue weighted by Gasteiger charge is 2.45. The molecule has 3 rings (SSSR count). The van der Waals surface area contributed by atoms with E-state index in [1.807, 2.05) is 44.2 Å². The normalized spacial score (nSPS) is 18.1. The van der Waals surface area contributed by atoms with Gasteiger partial charge < -0.3 is 14.2 Å². The Morgan fingerprint density at radius 3 is 2.50 bits per heavy atom. The van der Waals surface area contributed by atoms with Gasteiger partial charge in [0.1, 0.15) is 29.5 Å². The third-order valence-electron chi connectivity index (χ3n) is 4.24. The summed E-state index contributed by atoms with van der Waals surface area (Å²) in [6.45, 7) is 4.03. The average Bonchev–Trinajstić information content (AvgIpc) is 2.82. The van der Waals surface area contributed by atoms with Gasteiger partial charge in [-0.2, -0.15) is 0 Å². The van der Waals surface area contributed by atoms with Crippen LogP contribution in [0.25, 0.3) is 0 Å². The van der Waals surface area contributed by atoms with Crippen LogP contribution in [0.5, 0.6) is 17.2 Å². The maximum atomic E-state index is 11.9. The number of sulfonamides is 1. The van der Waals surface area contributed by atoms with Gasteiger partial charge in [-0.15, -0.1) is 0 Å². The van der Waals surface area contributed by atoms with Crippen LogP contribution in [0.2, 0.25) is 0 Å². The topological polar surface area (TPSA) is 73.9 Å². The molecule has 7 heteroatoms. The van der Waals surface area contributed by atoms with Gasteiger partial charge in [0.2, 0.25) is 10.0 Å². The van der Waals surface area contributed by atoms with Gasteiger partial charge in [-0.3, -0.25) is 0 Å². The lowest BCUT2D eigenvalue weighted by Crippen LogP contribution is -2.41. The molecule has 0 bridgehead atoms. The Balaban J connectivity index is 2.00. The van der Waals surface area contributed by atoms with Crippen molar-refractivity contribution in [3.05, 3.63) is 53.6 Å². The van der Waals surface area contributed by atoms with Gasteiger partial charge in [0.15, 0.2) is 0 Å². The molecule has 0 spiro atoms. The lowest BCUT2D eigenvalue weighted by molar-refractivity contribution is 0.105. The lowest BCUT2D eigenvalue weighted by atomic mass is 9.95. The van der Waals surface area contributed by atoms with E-state index in [1.54, 1.807) is 19.2 Å². The first-order valence-corrected chi connectivity index (χ1v) is 10.1. The molecule has 0 aliphatic carbocycles. The maximum absolute atomic E-state index is 11.9. The van der Waals surface area contributed by atoms with E-state index in [1.165, 1.54) is 0 Å². The van der Waals surface area contributed by atoms with Gasteiger partial charge in [0.05, 0.1) is 25.0 Å². The van der Waals surface area contributed by atoms with Crippen LogP contribution < -0.4 is 18.9 Å². The summed E-state index contributed by atoms with van der Waals surface area (Å²) >= 11 is 0. The molecular weight excluding hydrogens is 354 g/mol. The van der Waals surface area contributed by atoms with Crippen molar-refractivity contribution in [1.29, 1.82) is 0 Å². The van der Waals surface area contributed by atoms with Crippen LogP contribution in [0.15, 0.2) is 42.5 Å². The van der Waals surface area contributed by atoms with Crippen LogP contribution in [0.4, 0.5) is 0 Å². The average molecular weight is 377 g/mol. The molecule has 1 atom stereocenters. The van der Waals surface area contributed by atoms with Gasteiger partial charge >= 0.3 is 0 Å². The van der Waals surface area contributed by atoms with Crippen LogP contribution in [-0.2, 0) is 16.6 Å². The molecule has 2 aromatic carbocycles. The number of hydrogen-bond donors (Lipinski definition) is 1. The first-order valence-electron chi connectivity index (χ1n) is 8.24. The number of methoxy groups -OCH3 is 1. The van der Waals surface area contributed by atoms with E-state index < -0.39 is 21.7 Å². The van der Waals surface area contributed by atoms with Crippen LogP contribution in [0, 0.1) is 0 Å². The molecule has 1 aliphatic rings. The molecule has 1 aliphatic heterocycles. The predicted octanol–water partition coefficient (Wildman–Crippen LogP) is 3.04. The molecule has 0 aromatic heterocycles. The summed E-state index contributed by atoms with van der Waals surface area (Å²) in [4.78, 5) is 0. The van der Waals surface area contributed by atoms with E-state index in [0.717, 1.165) is 11.8 Å². The lowest BCUT2D eigenvalue weighted by Gasteiger charge is -2.26. The minimum atomic E-state index is -3.44. The monoisotopic (exact) mass is 377 g/mol. The van der Waals surface area contributed by atoms with Gasteiger partial charge in [-0.05, 0) is 19.4 Å². The number of nitrogens with one attached hydrogen (secondary N) is 1. The SMILES string of the molecule is COc1cc(OCc2ccccc2)c2c(c1)OC(C)(C)C2NS(C)(=O)=O. The Labute approximate surface area is 154 Å². The Kier molecular flexibility index (Phi) is 4.86. The van der Waals surface area contributed by atoms with E-state index >= 15 is 0 Å². The molecule has 0 fully saturated rings. The molecule has 1 heterocycles. The van der Waals surface area contributed by atoms with Crippen molar-refractivity contribution in [2.45, 2.75) is 32.1 Å². The molecule has 0 radical (unpaired) electrons. The van der Waals surface area contributed by atoms with E-state index in [0.29, 0.717) is 29.4 Å². The van der Waals surface area contributed by atoms with Crippen molar-refractivity contribution in [3.63, 3.8) is 0 Å². The molecule has 6 nitrogen and oxygen atoms in total. The number of ether oxygens (including phenoxy) is 3. The third-order valence-corrected chi connectivity index (χ3v) is 4.90. The zero-order chi connectivity index (χ0) is 18.9. The van der Waals surface area contributed by atoms with Crippen molar-refractivity contribution in [2.24, 2.45) is 0 Å². The summed E-state index contributed by atoms with van der Waals surface area (Å²) in [7, 11) is -1.87. The summed E-state index contributed by atoms with van der Waals surface area (Å²) in [5.74, 6) is 1.68. The van der Waals surface area contributed by atoms with Crippen LogP contribution >= 0.6 is 0 Å². The number of rotatable bonds is 6. The molecule has 1 unspecified atom stereocenters. The Morgan fingerprint density at radius 2 is 1.88 bits per heavy atom. The quantitative estimate of drug-likeness (QED) is 0.838. The summed E-state index contributed by atoms with van der Waals surface area (Å²) in [6, 6.07) is 12.7. The molecule has 26 heavy (non-hydrogen) atoms. The molecule has 140 valence electrons. The number of fused-ring (bicyclic) bond motifs is 1. The fourth-order valence-corrected chi connectivity index (χ4v) is 3.85. The molecule has 0 amide bonds. The predicted molar refractivity (Wildman–Crippen MR) is 99.2 cm³/mol. The highest BCUT2D eigenvalue weighted by Crippen LogP contribution is 2.50. The van der Waals surface area contributed by atoms with E-state index in [4.69, 9.17) is 14.2 Å². The Morgan fingerprint density at radius 1 is 1.19 bits per heavy atom. The van der Waals surface area contributed by atoms with Crippen molar-refractivity contribution >= 4 is 10.0 Å². The largest absolute Gasteiger partial charge is 0.496 e. The van der Waals surface area contributed by atoms with Gasteiger partial charge in [-0.1, -0.05) is 30.3 Å². The van der Waals surface area contributed by atoms with Crippen LogP contribution in [0.3, 0.4) is 0 Å². The smallest absolute Gasteiger partial charge is 0.209 e. The van der Waals surface area contributed by atoms with Crippen molar-refractivity contribution in [1.82, 2.24) is 4.72 Å². The molecular formula is C19H23NO5S. The zero-order valence-corrected chi connectivity index (χ0v) is 16.1. The maximum Gasteiger partial charge on any atom is 0.209 e. The third kappa shape index (κ3) is 3.94. The van der Waals surface area contributed by atoms with E-state index in [-0.39, 0.29) is 0 Å². The Hall–Kier alpha value is -2.25. The standard InChI is InChI=1S/C19H23NO5S/c1-19(2)18(20-26(4,21)22)17-15(10-14(23-3)11-16(17)25-19)24-12-13-8-6-5-7-9-13/h5-11,18,20H,12H2,1-4H3. The second kappa shape index (κ2) is 6.81. The fraction of sp³-hybridized carbons (Fsp3) is 0.368. The van der Waals surface area contributed by atoms with E-state index in [2.05, 4.69) is 4.72 Å². The fourth-order valence-electron chi connectivity index (χ4n) is 3.02. The highest BCUT2D eigenvalue weighted by molar-refractivity contribution is 7.88. The van der Waals surface area contributed by atoms with E-state index in [9.17, 15) is 8.42 Å². The molecule has 0 saturated heterocycles. The summed E-state index contributed by atoms with van der Waals surface area (Å²) in [6.07, 6.45) is 1.13. The molecule has 0 saturated carbocycles. The summed E-state index contributed by atoms with van der Waals surface area (Å²) in [5, 5.41) is 0. The second-order valence-electron chi connectivity index (χ2n) is 6.84. The number of benzene rings is 2. The summed E-state index contributed by atoms with van der Waals surface area (Å²) < 4.78 is 43.8.